The van der Waals surface area contributed by atoms with Gasteiger partial charge in [0.1, 0.15) is 0 Å². The van der Waals surface area contributed by atoms with Crippen molar-refractivity contribution in [2.45, 2.75) is 13.8 Å². The Bertz CT molecular complexity index is 301. The Morgan fingerprint density at radius 3 is 2.60 bits per heavy atom. The molecule has 0 aliphatic carbocycles. The van der Waals surface area contributed by atoms with Crippen molar-refractivity contribution in [1.82, 2.24) is 9.78 Å². The summed E-state index contributed by atoms with van der Waals surface area (Å²) >= 11 is 0. The Morgan fingerprint density at radius 2 is 2.10 bits per heavy atom. The highest BCUT2D eigenvalue weighted by Gasteiger charge is 1.98. The van der Waals surface area contributed by atoms with E-state index in [4.69, 9.17) is 0 Å². The first-order chi connectivity index (χ1) is 4.63. The second kappa shape index (κ2) is 2.25. The van der Waals surface area contributed by atoms with Crippen molar-refractivity contribution in [3.05, 3.63) is 27.7 Å². The van der Waals surface area contributed by atoms with Gasteiger partial charge in [0.05, 0.1) is 6.20 Å². The fourth-order valence-corrected chi connectivity index (χ4v) is 0.734. The maximum atomic E-state index is 11.1. The molecule has 0 saturated heterocycles. The molecule has 10 heavy (non-hydrogen) atoms. The summed E-state index contributed by atoms with van der Waals surface area (Å²) in [4.78, 5) is 11.1. The number of aromatic nitrogens is 2. The van der Waals surface area contributed by atoms with E-state index in [2.05, 4.69) is 5.10 Å². The van der Waals surface area contributed by atoms with Crippen LogP contribution < -0.4 is 5.56 Å². The van der Waals surface area contributed by atoms with Crippen LogP contribution in [0.25, 0.3) is 0 Å². The second-order valence-corrected chi connectivity index (χ2v) is 2.38. The minimum atomic E-state index is -0.0139. The van der Waals surface area contributed by atoms with Crippen LogP contribution in [0.1, 0.15) is 11.1 Å². The van der Waals surface area contributed by atoms with Crippen LogP contribution in [0.2, 0.25) is 0 Å². The first-order valence-electron chi connectivity index (χ1n) is 3.12. The number of aryl methyl sites for hydroxylation is 2. The molecule has 1 rings (SSSR count). The van der Waals surface area contributed by atoms with Crippen LogP contribution in [0, 0.1) is 13.8 Å². The van der Waals surface area contributed by atoms with E-state index < -0.39 is 0 Å². The van der Waals surface area contributed by atoms with Gasteiger partial charge in [-0.3, -0.25) is 4.79 Å². The maximum Gasteiger partial charge on any atom is 0.269 e. The van der Waals surface area contributed by atoms with E-state index in [1.165, 1.54) is 4.68 Å². The van der Waals surface area contributed by atoms with E-state index in [9.17, 15) is 4.79 Å². The highest BCUT2D eigenvalue weighted by molar-refractivity contribution is 5.16. The average molecular weight is 138 g/mol. The quantitative estimate of drug-likeness (QED) is 0.520. The molecule has 0 fully saturated rings. The van der Waals surface area contributed by atoms with Gasteiger partial charge in [0.15, 0.2) is 0 Å². The number of nitrogens with zero attached hydrogens (tertiary/aromatic N) is 2. The zero-order valence-electron chi connectivity index (χ0n) is 6.38. The topological polar surface area (TPSA) is 34.9 Å². The smallest absolute Gasteiger partial charge is 0.268 e. The second-order valence-electron chi connectivity index (χ2n) is 2.38. The molecule has 0 amide bonds. The summed E-state index contributed by atoms with van der Waals surface area (Å²) in [6.45, 7) is 3.68. The molecule has 0 aliphatic rings. The molecule has 0 spiro atoms. The lowest BCUT2D eigenvalue weighted by atomic mass is 10.2. The Balaban J connectivity index is 3.50. The molecule has 0 saturated carbocycles. The summed E-state index contributed by atoms with van der Waals surface area (Å²) in [5.74, 6) is 0. The summed E-state index contributed by atoms with van der Waals surface area (Å²) in [6, 6.07) is 0. The maximum absolute atomic E-state index is 11.1. The van der Waals surface area contributed by atoms with Crippen LogP contribution in [-0.4, -0.2) is 9.78 Å². The molecule has 0 N–H and O–H groups in total. The van der Waals surface area contributed by atoms with Crippen molar-refractivity contribution in [2.75, 3.05) is 0 Å². The van der Waals surface area contributed by atoms with Crippen LogP contribution in [0.5, 0.6) is 0 Å². The van der Waals surface area contributed by atoms with Crippen molar-refractivity contribution in [3.8, 4) is 0 Å². The molecule has 1 aromatic heterocycles. The number of hydrogen-bond donors (Lipinski definition) is 0. The molecular weight excluding hydrogens is 128 g/mol. The molecule has 3 heteroatoms. The Hall–Kier alpha value is -1.12. The van der Waals surface area contributed by atoms with Crippen LogP contribution in [0.4, 0.5) is 0 Å². The van der Waals surface area contributed by atoms with Gasteiger partial charge in [0.25, 0.3) is 5.56 Å². The van der Waals surface area contributed by atoms with Crippen LogP contribution in [0.15, 0.2) is 11.0 Å². The molecule has 0 radical (unpaired) electrons. The fraction of sp³-hybridized carbons (Fsp3) is 0.429. The fourth-order valence-electron chi connectivity index (χ4n) is 0.734. The summed E-state index contributed by atoms with van der Waals surface area (Å²) in [7, 11) is 1.65. The zero-order chi connectivity index (χ0) is 7.72. The Morgan fingerprint density at radius 1 is 1.50 bits per heavy atom. The summed E-state index contributed by atoms with van der Waals surface area (Å²) < 4.78 is 1.34. The third-order valence-corrected chi connectivity index (χ3v) is 1.63. The van der Waals surface area contributed by atoms with E-state index >= 15 is 0 Å². The standard InChI is InChI=1S/C7H10N2O/c1-5-4-8-9(3)7(10)6(5)2/h4H,1-3H3. The molecule has 1 aromatic rings. The van der Waals surface area contributed by atoms with Crippen molar-refractivity contribution in [1.29, 1.82) is 0 Å². The Kier molecular flexibility index (Phi) is 1.57. The van der Waals surface area contributed by atoms with Crippen LogP contribution in [-0.2, 0) is 7.05 Å². The van der Waals surface area contributed by atoms with Crippen LogP contribution >= 0.6 is 0 Å². The number of hydrogen-bond acceptors (Lipinski definition) is 2. The monoisotopic (exact) mass is 138 g/mol. The van der Waals surface area contributed by atoms with E-state index in [1.54, 1.807) is 20.2 Å². The first kappa shape index (κ1) is 6.99. The highest BCUT2D eigenvalue weighted by Crippen LogP contribution is 1.94. The predicted octanol–water partition coefficient (Wildman–Crippen LogP) is 0.397. The molecule has 0 aromatic carbocycles. The lowest BCUT2D eigenvalue weighted by Gasteiger charge is -1.99. The molecule has 0 bridgehead atoms. The van der Waals surface area contributed by atoms with Crippen molar-refractivity contribution in [2.24, 2.45) is 7.05 Å². The third kappa shape index (κ3) is 0.943. The van der Waals surface area contributed by atoms with Crippen molar-refractivity contribution < 1.29 is 0 Å². The lowest BCUT2D eigenvalue weighted by Crippen LogP contribution is -2.22. The predicted molar refractivity (Wildman–Crippen MR) is 39.0 cm³/mol. The molecule has 1 heterocycles. The molecule has 0 unspecified atom stereocenters. The average Bonchev–Trinajstić information content (AvgIpc) is 1.93. The van der Waals surface area contributed by atoms with Crippen LogP contribution in [0.3, 0.4) is 0 Å². The molecular formula is C7H10N2O. The van der Waals surface area contributed by atoms with Gasteiger partial charge in [-0.05, 0) is 19.4 Å². The van der Waals surface area contributed by atoms with E-state index in [0.717, 1.165) is 11.1 Å². The normalized spacial score (nSPS) is 9.90. The minimum absolute atomic E-state index is 0.0139. The van der Waals surface area contributed by atoms with Crippen molar-refractivity contribution in [3.63, 3.8) is 0 Å². The van der Waals surface area contributed by atoms with Gasteiger partial charge in [-0.15, -0.1) is 0 Å². The van der Waals surface area contributed by atoms with Gasteiger partial charge in [-0.1, -0.05) is 0 Å². The van der Waals surface area contributed by atoms with E-state index in [-0.39, 0.29) is 5.56 Å². The zero-order valence-corrected chi connectivity index (χ0v) is 6.38. The van der Waals surface area contributed by atoms with E-state index in [0.29, 0.717) is 0 Å². The first-order valence-corrected chi connectivity index (χ1v) is 3.12. The van der Waals surface area contributed by atoms with Gasteiger partial charge in [-0.2, -0.15) is 5.10 Å². The van der Waals surface area contributed by atoms with Gasteiger partial charge in [-0.25, -0.2) is 4.68 Å². The highest BCUT2D eigenvalue weighted by atomic mass is 16.1. The molecule has 54 valence electrons. The summed E-state index contributed by atoms with van der Waals surface area (Å²) in [6.07, 6.45) is 1.69. The number of rotatable bonds is 0. The van der Waals surface area contributed by atoms with Gasteiger partial charge in [0, 0.05) is 12.6 Å². The van der Waals surface area contributed by atoms with E-state index in [1.807, 2.05) is 6.92 Å². The molecule has 3 nitrogen and oxygen atoms in total. The summed E-state index contributed by atoms with van der Waals surface area (Å²) in [5.41, 5.74) is 1.71. The van der Waals surface area contributed by atoms with Gasteiger partial charge in [0.2, 0.25) is 0 Å². The third-order valence-electron chi connectivity index (χ3n) is 1.63. The van der Waals surface area contributed by atoms with Crippen molar-refractivity contribution >= 4 is 0 Å². The molecule has 0 aliphatic heterocycles. The van der Waals surface area contributed by atoms with Gasteiger partial charge >= 0.3 is 0 Å². The Labute approximate surface area is 59.3 Å². The van der Waals surface area contributed by atoms with Gasteiger partial charge < -0.3 is 0 Å². The SMILES string of the molecule is Cc1cnn(C)c(=O)c1C. The minimum Gasteiger partial charge on any atom is -0.268 e. The summed E-state index contributed by atoms with van der Waals surface area (Å²) in [5, 5.41) is 3.84. The largest absolute Gasteiger partial charge is 0.269 e. The lowest BCUT2D eigenvalue weighted by molar-refractivity contribution is 0.695. The molecule has 0 atom stereocenters.